The molecular formula is C18H28N4O. The predicted molar refractivity (Wildman–Crippen MR) is 90.2 cm³/mol. The van der Waals surface area contributed by atoms with E-state index in [1.54, 1.807) is 0 Å². The van der Waals surface area contributed by atoms with Gasteiger partial charge in [0, 0.05) is 17.7 Å². The Balaban J connectivity index is 1.67. The highest BCUT2D eigenvalue weighted by Crippen LogP contribution is 2.25. The number of hydrogen-bond donors (Lipinski definition) is 0. The van der Waals surface area contributed by atoms with Gasteiger partial charge in [0.2, 0.25) is 5.89 Å². The quantitative estimate of drug-likeness (QED) is 0.865. The summed E-state index contributed by atoms with van der Waals surface area (Å²) in [5.41, 5.74) is 1.23. The molecule has 0 aliphatic carbocycles. The number of aromatic nitrogens is 3. The van der Waals surface area contributed by atoms with Crippen molar-refractivity contribution in [2.75, 3.05) is 6.54 Å². The van der Waals surface area contributed by atoms with Crippen LogP contribution in [0.4, 0.5) is 0 Å². The molecule has 0 spiro atoms. The van der Waals surface area contributed by atoms with E-state index in [2.05, 4.69) is 53.6 Å². The minimum atomic E-state index is 0.0130. The number of nitrogens with zero attached hydrogens (tertiary/aromatic N) is 4. The number of aryl methyl sites for hydroxylation is 1. The maximum Gasteiger partial charge on any atom is 0.208 e. The highest BCUT2D eigenvalue weighted by atomic mass is 16.4. The lowest BCUT2D eigenvalue weighted by atomic mass is 9.94. The molecule has 0 amide bonds. The Labute approximate surface area is 138 Å². The van der Waals surface area contributed by atoms with E-state index in [1.165, 1.54) is 24.8 Å². The highest BCUT2D eigenvalue weighted by molar-refractivity contribution is 5.06. The highest BCUT2D eigenvalue weighted by Gasteiger charge is 2.26. The van der Waals surface area contributed by atoms with Crippen molar-refractivity contribution >= 4 is 0 Å². The summed E-state index contributed by atoms with van der Waals surface area (Å²) in [5, 5.41) is 4.44. The molecule has 2 aromatic heterocycles. The number of piperidine rings is 1. The molecule has 1 atom stereocenters. The van der Waals surface area contributed by atoms with Gasteiger partial charge in [-0.1, -0.05) is 27.2 Å². The average molecular weight is 316 g/mol. The summed E-state index contributed by atoms with van der Waals surface area (Å²) in [4.78, 5) is 6.99. The van der Waals surface area contributed by atoms with Gasteiger partial charge in [-0.2, -0.15) is 5.10 Å². The van der Waals surface area contributed by atoms with Crippen LogP contribution >= 0.6 is 0 Å². The Kier molecular flexibility index (Phi) is 4.57. The van der Waals surface area contributed by atoms with Crippen LogP contribution in [-0.4, -0.2) is 32.3 Å². The van der Waals surface area contributed by atoms with Crippen LogP contribution in [0.25, 0.3) is 0 Å². The van der Waals surface area contributed by atoms with E-state index < -0.39 is 0 Å². The largest absolute Gasteiger partial charge is 0.444 e. The Morgan fingerprint density at radius 3 is 2.74 bits per heavy atom. The molecule has 0 bridgehead atoms. The molecule has 0 aromatic carbocycles. The number of oxazole rings is 1. The summed E-state index contributed by atoms with van der Waals surface area (Å²) in [6.07, 6.45) is 9.69. The molecule has 1 saturated heterocycles. The molecule has 3 rings (SSSR count). The number of likely N-dealkylation sites (tertiary alicyclic amines) is 1. The molecule has 126 valence electrons. The van der Waals surface area contributed by atoms with Gasteiger partial charge in [-0.3, -0.25) is 9.58 Å². The van der Waals surface area contributed by atoms with Gasteiger partial charge < -0.3 is 4.42 Å². The van der Waals surface area contributed by atoms with Crippen LogP contribution < -0.4 is 0 Å². The van der Waals surface area contributed by atoms with Crippen LogP contribution in [0.2, 0.25) is 0 Å². The van der Waals surface area contributed by atoms with E-state index >= 15 is 0 Å². The van der Waals surface area contributed by atoms with Crippen LogP contribution in [0.5, 0.6) is 0 Å². The second kappa shape index (κ2) is 6.48. The van der Waals surface area contributed by atoms with Crippen molar-refractivity contribution in [3.8, 4) is 0 Å². The van der Waals surface area contributed by atoms with E-state index in [4.69, 9.17) is 4.42 Å². The first kappa shape index (κ1) is 16.2. The van der Waals surface area contributed by atoms with Gasteiger partial charge in [-0.25, -0.2) is 4.98 Å². The zero-order chi connectivity index (χ0) is 16.4. The Morgan fingerprint density at radius 1 is 1.26 bits per heavy atom. The second-order valence-electron chi connectivity index (χ2n) is 7.73. The van der Waals surface area contributed by atoms with Gasteiger partial charge >= 0.3 is 0 Å². The van der Waals surface area contributed by atoms with Gasteiger partial charge in [-0.05, 0) is 31.9 Å². The Morgan fingerprint density at radius 2 is 2.09 bits per heavy atom. The zero-order valence-electron chi connectivity index (χ0n) is 14.7. The van der Waals surface area contributed by atoms with E-state index in [9.17, 15) is 0 Å². The molecule has 23 heavy (non-hydrogen) atoms. The second-order valence-corrected chi connectivity index (χ2v) is 7.73. The third-order valence-corrected chi connectivity index (χ3v) is 4.54. The smallest absolute Gasteiger partial charge is 0.208 e. The SMILES string of the molecule is Cc1cnn(C[C@@H]2CCCCN2Cc2ncc(C(C)(C)C)o2)c1. The summed E-state index contributed by atoms with van der Waals surface area (Å²) in [6.45, 7) is 11.4. The van der Waals surface area contributed by atoms with Crippen LogP contribution in [0.3, 0.4) is 0 Å². The monoisotopic (exact) mass is 316 g/mol. The first-order chi connectivity index (χ1) is 10.9. The minimum Gasteiger partial charge on any atom is -0.444 e. The van der Waals surface area contributed by atoms with Gasteiger partial charge in [0.05, 0.1) is 25.5 Å². The molecule has 5 heteroatoms. The van der Waals surface area contributed by atoms with Crippen molar-refractivity contribution in [2.24, 2.45) is 0 Å². The fourth-order valence-electron chi connectivity index (χ4n) is 3.16. The molecule has 0 unspecified atom stereocenters. The predicted octanol–water partition coefficient (Wildman–Crippen LogP) is 3.53. The summed E-state index contributed by atoms with van der Waals surface area (Å²) in [5.74, 6) is 1.79. The van der Waals surface area contributed by atoms with E-state index in [0.29, 0.717) is 6.04 Å². The standard InChI is InChI=1S/C18H28N4O/c1-14-9-20-22(11-14)12-15-7-5-6-8-21(15)13-17-19-10-16(23-17)18(2,3)4/h9-11,15H,5-8,12-13H2,1-4H3/t15-/m0/s1. The molecule has 5 nitrogen and oxygen atoms in total. The Hall–Kier alpha value is -1.62. The van der Waals surface area contributed by atoms with Crippen molar-refractivity contribution in [3.63, 3.8) is 0 Å². The van der Waals surface area contributed by atoms with Crippen LogP contribution in [-0.2, 0) is 18.5 Å². The molecule has 0 radical (unpaired) electrons. The normalized spacial score (nSPS) is 20.1. The molecule has 1 aliphatic rings. The van der Waals surface area contributed by atoms with Crippen LogP contribution in [0.1, 0.15) is 57.2 Å². The van der Waals surface area contributed by atoms with Gasteiger partial charge in [0.25, 0.3) is 0 Å². The third-order valence-electron chi connectivity index (χ3n) is 4.54. The fraction of sp³-hybridized carbons (Fsp3) is 0.667. The lowest BCUT2D eigenvalue weighted by Crippen LogP contribution is -2.41. The van der Waals surface area contributed by atoms with Crippen molar-refractivity contribution < 1.29 is 4.42 Å². The van der Waals surface area contributed by atoms with Crippen molar-refractivity contribution in [2.45, 2.75) is 71.5 Å². The van der Waals surface area contributed by atoms with Crippen molar-refractivity contribution in [3.05, 3.63) is 35.8 Å². The number of hydrogen-bond acceptors (Lipinski definition) is 4. The van der Waals surface area contributed by atoms with E-state index in [1.807, 2.05) is 12.4 Å². The van der Waals surface area contributed by atoms with Crippen LogP contribution in [0, 0.1) is 6.92 Å². The number of rotatable bonds is 4. The Bertz CT molecular complexity index is 637. The van der Waals surface area contributed by atoms with Crippen molar-refractivity contribution in [1.82, 2.24) is 19.7 Å². The minimum absolute atomic E-state index is 0.0130. The van der Waals surface area contributed by atoms with E-state index in [-0.39, 0.29) is 5.41 Å². The molecular weight excluding hydrogens is 288 g/mol. The first-order valence-electron chi connectivity index (χ1n) is 8.60. The molecule has 0 N–H and O–H groups in total. The summed E-state index contributed by atoms with van der Waals surface area (Å²) >= 11 is 0. The topological polar surface area (TPSA) is 47.1 Å². The third kappa shape index (κ3) is 4.02. The molecule has 1 fully saturated rings. The molecule has 3 heterocycles. The van der Waals surface area contributed by atoms with Gasteiger partial charge in [0.15, 0.2) is 0 Å². The van der Waals surface area contributed by atoms with Gasteiger partial charge in [-0.15, -0.1) is 0 Å². The van der Waals surface area contributed by atoms with Crippen molar-refractivity contribution in [1.29, 1.82) is 0 Å². The molecule has 1 aliphatic heterocycles. The maximum atomic E-state index is 5.98. The zero-order valence-corrected chi connectivity index (χ0v) is 14.7. The maximum absolute atomic E-state index is 5.98. The summed E-state index contributed by atoms with van der Waals surface area (Å²) in [6, 6.07) is 0.507. The van der Waals surface area contributed by atoms with Gasteiger partial charge in [0.1, 0.15) is 5.76 Å². The summed E-state index contributed by atoms with van der Waals surface area (Å²) < 4.78 is 8.04. The van der Waals surface area contributed by atoms with Crippen LogP contribution in [0.15, 0.2) is 23.0 Å². The lowest BCUT2D eigenvalue weighted by Gasteiger charge is -2.34. The lowest BCUT2D eigenvalue weighted by molar-refractivity contribution is 0.110. The summed E-state index contributed by atoms with van der Waals surface area (Å²) in [7, 11) is 0. The molecule has 2 aromatic rings. The first-order valence-corrected chi connectivity index (χ1v) is 8.60. The average Bonchev–Trinajstić information content (AvgIpc) is 3.10. The fourth-order valence-corrected chi connectivity index (χ4v) is 3.16. The van der Waals surface area contributed by atoms with E-state index in [0.717, 1.165) is 31.3 Å². The molecule has 0 saturated carbocycles.